The van der Waals surface area contributed by atoms with E-state index in [4.69, 9.17) is 4.74 Å². The molecular weight excluding hydrogens is 295 g/mol. The number of hydrogen-bond acceptors (Lipinski definition) is 1. The van der Waals surface area contributed by atoms with Crippen LogP contribution < -0.4 is 4.74 Å². The molecule has 0 saturated heterocycles. The fourth-order valence-electron chi connectivity index (χ4n) is 1.83. The lowest BCUT2D eigenvalue weighted by molar-refractivity contribution is 0.441. The number of benzene rings is 2. The van der Waals surface area contributed by atoms with E-state index in [2.05, 4.69) is 22.0 Å². The second kappa shape index (κ2) is 5.53. The predicted octanol–water partition coefficient (Wildman–Crippen LogP) is 5.13. The van der Waals surface area contributed by atoms with Gasteiger partial charge in [-0.15, -0.1) is 0 Å². The zero-order valence-electron chi connectivity index (χ0n) is 10.3. The van der Waals surface area contributed by atoms with Crippen LogP contribution >= 0.6 is 15.9 Å². The Morgan fingerprint density at radius 1 is 1.06 bits per heavy atom. The first-order valence-electron chi connectivity index (χ1n) is 5.69. The van der Waals surface area contributed by atoms with E-state index in [1.165, 1.54) is 6.07 Å². The minimum Gasteiger partial charge on any atom is -0.454 e. The van der Waals surface area contributed by atoms with Crippen molar-refractivity contribution in [3.05, 3.63) is 58.9 Å². The average Bonchev–Trinajstić information content (AvgIpc) is 2.30. The summed E-state index contributed by atoms with van der Waals surface area (Å²) in [6.07, 6.45) is 0. The van der Waals surface area contributed by atoms with Crippen LogP contribution in [0.4, 0.5) is 4.39 Å². The number of rotatable bonds is 3. The van der Waals surface area contributed by atoms with Gasteiger partial charge in [-0.2, -0.15) is 0 Å². The van der Waals surface area contributed by atoms with Crippen molar-refractivity contribution in [2.45, 2.75) is 19.2 Å². The van der Waals surface area contributed by atoms with Crippen LogP contribution in [0.1, 0.15) is 16.7 Å². The monoisotopic (exact) mass is 308 g/mol. The van der Waals surface area contributed by atoms with Gasteiger partial charge in [0.05, 0.1) is 0 Å². The first kappa shape index (κ1) is 13.1. The molecule has 0 radical (unpaired) electrons. The Morgan fingerprint density at radius 3 is 2.28 bits per heavy atom. The number of alkyl halides is 1. The number of hydrogen-bond donors (Lipinski definition) is 0. The Balaban J connectivity index is 2.28. The van der Waals surface area contributed by atoms with Crippen molar-refractivity contribution in [3.63, 3.8) is 0 Å². The maximum atomic E-state index is 13.8. The summed E-state index contributed by atoms with van der Waals surface area (Å²) in [7, 11) is 0. The van der Waals surface area contributed by atoms with Gasteiger partial charge in [0, 0.05) is 5.33 Å². The zero-order chi connectivity index (χ0) is 13.1. The van der Waals surface area contributed by atoms with Gasteiger partial charge in [-0.3, -0.25) is 0 Å². The highest BCUT2D eigenvalue weighted by Gasteiger charge is 2.06. The van der Waals surface area contributed by atoms with E-state index >= 15 is 0 Å². The third-order valence-corrected chi connectivity index (χ3v) is 3.22. The highest BCUT2D eigenvalue weighted by atomic mass is 79.9. The quantitative estimate of drug-likeness (QED) is 0.714. The molecule has 2 aromatic rings. The van der Waals surface area contributed by atoms with Gasteiger partial charge in [0.1, 0.15) is 5.75 Å². The van der Waals surface area contributed by atoms with Crippen molar-refractivity contribution in [1.29, 1.82) is 0 Å². The van der Waals surface area contributed by atoms with Crippen LogP contribution in [0.15, 0.2) is 36.4 Å². The number of ether oxygens (including phenoxy) is 1. The van der Waals surface area contributed by atoms with Gasteiger partial charge < -0.3 is 4.74 Å². The fraction of sp³-hybridized carbons (Fsp3) is 0.200. The van der Waals surface area contributed by atoms with E-state index in [1.807, 2.05) is 32.0 Å². The summed E-state index contributed by atoms with van der Waals surface area (Å²) in [5, 5.41) is 0.633. The van der Waals surface area contributed by atoms with Gasteiger partial charge in [-0.1, -0.05) is 28.1 Å². The lowest BCUT2D eigenvalue weighted by Gasteiger charge is -2.09. The van der Waals surface area contributed by atoms with Gasteiger partial charge in [-0.25, -0.2) is 4.39 Å². The molecule has 0 N–H and O–H groups in total. The minimum atomic E-state index is -0.342. The van der Waals surface area contributed by atoms with E-state index in [-0.39, 0.29) is 11.6 Å². The Morgan fingerprint density at radius 2 is 1.72 bits per heavy atom. The molecule has 18 heavy (non-hydrogen) atoms. The molecule has 0 bridgehead atoms. The molecule has 0 saturated carbocycles. The molecular formula is C15H14BrFO. The van der Waals surface area contributed by atoms with Crippen molar-refractivity contribution >= 4 is 15.9 Å². The van der Waals surface area contributed by atoms with Crippen LogP contribution in [-0.2, 0) is 5.33 Å². The Kier molecular flexibility index (Phi) is 4.02. The van der Waals surface area contributed by atoms with Crippen LogP contribution in [-0.4, -0.2) is 0 Å². The maximum Gasteiger partial charge on any atom is 0.166 e. The second-order valence-corrected chi connectivity index (χ2v) is 4.88. The summed E-state index contributed by atoms with van der Waals surface area (Å²) in [5.41, 5.74) is 3.09. The van der Waals surface area contributed by atoms with Crippen molar-refractivity contribution in [2.75, 3.05) is 0 Å². The molecule has 0 aliphatic carbocycles. The maximum absolute atomic E-state index is 13.8. The summed E-state index contributed by atoms with van der Waals surface area (Å²) in [6.45, 7) is 3.98. The van der Waals surface area contributed by atoms with Crippen LogP contribution in [0, 0.1) is 19.7 Å². The van der Waals surface area contributed by atoms with E-state index in [1.54, 1.807) is 6.07 Å². The van der Waals surface area contributed by atoms with E-state index in [0.717, 1.165) is 16.7 Å². The van der Waals surface area contributed by atoms with Crippen LogP contribution in [0.2, 0.25) is 0 Å². The molecule has 0 fully saturated rings. The fourth-order valence-corrected chi connectivity index (χ4v) is 2.18. The third kappa shape index (κ3) is 3.10. The molecule has 0 spiro atoms. The standard InChI is InChI=1S/C15H14BrFO/c1-10-5-11(2)7-13(6-10)18-15-4-3-12(9-16)8-14(15)17/h3-8H,9H2,1-2H3. The predicted molar refractivity (Wildman–Crippen MR) is 75.0 cm³/mol. The van der Waals surface area contributed by atoms with Crippen LogP contribution in [0.25, 0.3) is 0 Å². The van der Waals surface area contributed by atoms with Crippen molar-refractivity contribution < 1.29 is 9.13 Å². The third-order valence-electron chi connectivity index (χ3n) is 2.57. The Labute approximate surface area is 115 Å². The molecule has 2 rings (SSSR count). The summed E-state index contributed by atoms with van der Waals surface area (Å²) < 4.78 is 19.4. The van der Waals surface area contributed by atoms with E-state index in [9.17, 15) is 4.39 Å². The van der Waals surface area contributed by atoms with E-state index < -0.39 is 0 Å². The van der Waals surface area contributed by atoms with Crippen LogP contribution in [0.5, 0.6) is 11.5 Å². The number of halogens is 2. The molecule has 94 valence electrons. The highest BCUT2D eigenvalue weighted by Crippen LogP contribution is 2.27. The molecule has 3 heteroatoms. The normalized spacial score (nSPS) is 10.4. The van der Waals surface area contributed by atoms with Gasteiger partial charge in [0.25, 0.3) is 0 Å². The van der Waals surface area contributed by atoms with E-state index in [0.29, 0.717) is 11.1 Å². The molecule has 1 nitrogen and oxygen atoms in total. The lowest BCUT2D eigenvalue weighted by Crippen LogP contribution is -1.91. The van der Waals surface area contributed by atoms with Gasteiger partial charge in [0.2, 0.25) is 0 Å². The summed E-state index contributed by atoms with van der Waals surface area (Å²) in [4.78, 5) is 0. The average molecular weight is 309 g/mol. The molecule has 0 unspecified atom stereocenters. The first-order chi connectivity index (χ1) is 8.58. The highest BCUT2D eigenvalue weighted by molar-refractivity contribution is 9.08. The Hall–Kier alpha value is -1.35. The number of aryl methyl sites for hydroxylation is 2. The Bertz CT molecular complexity index is 546. The molecule has 0 aromatic heterocycles. The first-order valence-corrected chi connectivity index (χ1v) is 6.81. The molecule has 0 atom stereocenters. The molecule has 0 amide bonds. The van der Waals surface area contributed by atoms with Crippen LogP contribution in [0.3, 0.4) is 0 Å². The summed E-state index contributed by atoms with van der Waals surface area (Å²) in [5.74, 6) is 0.578. The lowest BCUT2D eigenvalue weighted by atomic mass is 10.1. The molecule has 0 heterocycles. The zero-order valence-corrected chi connectivity index (χ0v) is 11.9. The SMILES string of the molecule is Cc1cc(C)cc(Oc2ccc(CBr)cc2F)c1. The summed E-state index contributed by atoms with van der Waals surface area (Å²) >= 11 is 3.29. The summed E-state index contributed by atoms with van der Waals surface area (Å²) in [6, 6.07) is 10.8. The minimum absolute atomic E-state index is 0.254. The van der Waals surface area contributed by atoms with Crippen molar-refractivity contribution in [2.24, 2.45) is 0 Å². The molecule has 0 aliphatic rings. The molecule has 2 aromatic carbocycles. The topological polar surface area (TPSA) is 9.23 Å². The van der Waals surface area contributed by atoms with Gasteiger partial charge >= 0.3 is 0 Å². The van der Waals surface area contributed by atoms with Gasteiger partial charge in [-0.05, 0) is 54.8 Å². The second-order valence-electron chi connectivity index (χ2n) is 4.32. The van der Waals surface area contributed by atoms with Crippen molar-refractivity contribution in [1.82, 2.24) is 0 Å². The molecule has 0 aliphatic heterocycles. The van der Waals surface area contributed by atoms with Crippen molar-refractivity contribution in [3.8, 4) is 11.5 Å². The largest absolute Gasteiger partial charge is 0.454 e. The smallest absolute Gasteiger partial charge is 0.166 e. The van der Waals surface area contributed by atoms with Gasteiger partial charge in [0.15, 0.2) is 11.6 Å².